The Balaban J connectivity index is 0.000000149. The van der Waals surface area contributed by atoms with Crippen LogP contribution in [0.25, 0.3) is 0 Å². The zero-order valence-corrected chi connectivity index (χ0v) is 11.9. The van der Waals surface area contributed by atoms with E-state index in [1.807, 2.05) is 0 Å². The summed E-state index contributed by atoms with van der Waals surface area (Å²) >= 11 is 0. The van der Waals surface area contributed by atoms with E-state index in [1.54, 1.807) is 11.6 Å². The summed E-state index contributed by atoms with van der Waals surface area (Å²) in [6.45, 7) is 0.293. The fourth-order valence-corrected chi connectivity index (χ4v) is 2.26. The van der Waals surface area contributed by atoms with E-state index < -0.39 is 0 Å². The summed E-state index contributed by atoms with van der Waals surface area (Å²) in [6.07, 6.45) is 12.4. The van der Waals surface area contributed by atoms with Gasteiger partial charge in [-0.15, -0.1) is 0 Å². The number of rotatable bonds is 3. The molecule has 2 aliphatic rings. The monoisotopic (exact) mass is 275 g/mol. The largest absolute Gasteiger partial charge is 0.496 e. The van der Waals surface area contributed by atoms with E-state index in [-0.39, 0.29) is 5.82 Å². The number of hydrogen-bond acceptors (Lipinski definition) is 2. The number of ether oxygens (including phenoxy) is 1. The van der Waals surface area contributed by atoms with Crippen LogP contribution < -0.4 is 10.5 Å². The van der Waals surface area contributed by atoms with Crippen molar-refractivity contribution >= 4 is 0 Å². The molecule has 3 rings (SSSR count). The van der Waals surface area contributed by atoms with Crippen LogP contribution in [0.15, 0.2) is 42.0 Å². The lowest BCUT2D eigenvalue weighted by Gasteiger charge is -2.04. The molecule has 0 amide bonds. The van der Waals surface area contributed by atoms with Crippen LogP contribution in [-0.4, -0.2) is 7.11 Å². The number of methoxy groups -OCH3 is 1. The van der Waals surface area contributed by atoms with Gasteiger partial charge in [-0.1, -0.05) is 18.2 Å². The van der Waals surface area contributed by atoms with Gasteiger partial charge in [0, 0.05) is 12.1 Å². The summed E-state index contributed by atoms with van der Waals surface area (Å²) in [7, 11) is 1.53. The Morgan fingerprint density at radius 1 is 1.30 bits per heavy atom. The Labute approximate surface area is 120 Å². The first-order valence-electron chi connectivity index (χ1n) is 7.13. The number of hydrogen-bond donors (Lipinski definition) is 1. The summed E-state index contributed by atoms with van der Waals surface area (Å²) in [5, 5.41) is 0. The Kier molecular flexibility index (Phi) is 5.36. The van der Waals surface area contributed by atoms with Crippen molar-refractivity contribution in [3.05, 3.63) is 53.4 Å². The lowest BCUT2D eigenvalue weighted by molar-refractivity contribution is 0.408. The minimum Gasteiger partial charge on any atom is -0.496 e. The minimum absolute atomic E-state index is 0.286. The lowest BCUT2D eigenvalue weighted by Crippen LogP contribution is -2.00. The van der Waals surface area contributed by atoms with Crippen molar-refractivity contribution in [2.45, 2.75) is 32.2 Å². The van der Waals surface area contributed by atoms with Gasteiger partial charge in [0.05, 0.1) is 7.11 Å². The molecule has 1 aromatic carbocycles. The smallest absolute Gasteiger partial charge is 0.123 e. The van der Waals surface area contributed by atoms with E-state index in [9.17, 15) is 4.39 Å². The van der Waals surface area contributed by atoms with E-state index in [2.05, 4.69) is 18.2 Å². The van der Waals surface area contributed by atoms with Gasteiger partial charge >= 0.3 is 0 Å². The molecule has 0 aromatic heterocycles. The van der Waals surface area contributed by atoms with Crippen LogP contribution in [0.3, 0.4) is 0 Å². The second-order valence-corrected chi connectivity index (χ2v) is 5.12. The molecule has 108 valence electrons. The topological polar surface area (TPSA) is 35.2 Å². The SMILES string of the molecule is C1=CC(C2CC2)=CCC1.COc1ccc(F)cc1CN. The summed E-state index contributed by atoms with van der Waals surface area (Å²) in [4.78, 5) is 0. The van der Waals surface area contributed by atoms with Gasteiger partial charge in [-0.3, -0.25) is 0 Å². The molecule has 0 unspecified atom stereocenters. The molecule has 2 nitrogen and oxygen atoms in total. The van der Waals surface area contributed by atoms with E-state index in [0.717, 1.165) is 5.92 Å². The van der Waals surface area contributed by atoms with Crippen LogP contribution in [0.4, 0.5) is 4.39 Å². The zero-order chi connectivity index (χ0) is 14.4. The Hall–Kier alpha value is -1.61. The van der Waals surface area contributed by atoms with Crippen molar-refractivity contribution in [3.63, 3.8) is 0 Å². The van der Waals surface area contributed by atoms with Gasteiger partial charge in [0.1, 0.15) is 11.6 Å². The number of allylic oxidation sites excluding steroid dienone is 4. The van der Waals surface area contributed by atoms with Gasteiger partial charge in [0.15, 0.2) is 0 Å². The quantitative estimate of drug-likeness (QED) is 0.906. The second kappa shape index (κ2) is 7.25. The standard InChI is InChI=1S/C9H12.C8H10FNO/c1-2-4-8(5-3-1)9-6-7-9;1-11-8-3-2-7(9)4-6(8)5-10/h2,4-5,9H,1,3,6-7H2;2-4H,5,10H2,1H3. The zero-order valence-electron chi connectivity index (χ0n) is 11.9. The Morgan fingerprint density at radius 3 is 2.65 bits per heavy atom. The summed E-state index contributed by atoms with van der Waals surface area (Å²) in [5.41, 5.74) is 7.65. The van der Waals surface area contributed by atoms with Gasteiger partial charge in [-0.2, -0.15) is 0 Å². The predicted octanol–water partition coefficient (Wildman–Crippen LogP) is 3.97. The molecule has 1 saturated carbocycles. The third kappa shape index (κ3) is 4.20. The lowest BCUT2D eigenvalue weighted by atomic mass is 10.0. The van der Waals surface area contributed by atoms with Crippen LogP contribution in [0.5, 0.6) is 5.75 Å². The van der Waals surface area contributed by atoms with Crippen LogP contribution >= 0.6 is 0 Å². The number of benzene rings is 1. The van der Waals surface area contributed by atoms with E-state index in [1.165, 1.54) is 44.9 Å². The average Bonchev–Trinajstić information content (AvgIpc) is 3.33. The molecule has 0 aliphatic heterocycles. The molecule has 0 bridgehead atoms. The Bertz CT molecular complexity index is 504. The molecule has 3 heteroatoms. The van der Waals surface area contributed by atoms with E-state index >= 15 is 0 Å². The maximum absolute atomic E-state index is 12.6. The third-order valence-corrected chi connectivity index (χ3v) is 3.53. The maximum Gasteiger partial charge on any atom is 0.123 e. The molecule has 0 radical (unpaired) electrons. The molecule has 1 fully saturated rings. The van der Waals surface area contributed by atoms with Crippen LogP contribution in [0.2, 0.25) is 0 Å². The van der Waals surface area contributed by atoms with Crippen LogP contribution in [0, 0.1) is 11.7 Å². The highest BCUT2D eigenvalue weighted by atomic mass is 19.1. The van der Waals surface area contributed by atoms with Gasteiger partial charge in [0.25, 0.3) is 0 Å². The maximum atomic E-state index is 12.6. The van der Waals surface area contributed by atoms with Crippen molar-refractivity contribution in [2.75, 3.05) is 7.11 Å². The molecule has 1 aromatic rings. The number of nitrogens with two attached hydrogens (primary N) is 1. The fraction of sp³-hybridized carbons (Fsp3) is 0.412. The highest BCUT2D eigenvalue weighted by molar-refractivity contribution is 5.33. The fourth-order valence-electron chi connectivity index (χ4n) is 2.26. The number of halogens is 1. The molecular weight excluding hydrogens is 253 g/mol. The van der Waals surface area contributed by atoms with Gasteiger partial charge in [0.2, 0.25) is 0 Å². The summed E-state index contributed by atoms with van der Waals surface area (Å²) < 4.78 is 17.5. The van der Waals surface area contributed by atoms with Gasteiger partial charge in [-0.25, -0.2) is 4.39 Å². The average molecular weight is 275 g/mol. The van der Waals surface area contributed by atoms with Crippen molar-refractivity contribution in [3.8, 4) is 5.75 Å². The van der Waals surface area contributed by atoms with Gasteiger partial charge < -0.3 is 10.5 Å². The molecule has 0 saturated heterocycles. The highest BCUT2D eigenvalue weighted by Crippen LogP contribution is 2.38. The van der Waals surface area contributed by atoms with Crippen molar-refractivity contribution < 1.29 is 9.13 Å². The van der Waals surface area contributed by atoms with Gasteiger partial charge in [-0.05, 0) is 55.4 Å². The highest BCUT2D eigenvalue weighted by Gasteiger charge is 2.24. The molecule has 2 N–H and O–H groups in total. The van der Waals surface area contributed by atoms with E-state index in [4.69, 9.17) is 10.5 Å². The van der Waals surface area contributed by atoms with Crippen molar-refractivity contribution in [1.29, 1.82) is 0 Å². The molecule has 0 spiro atoms. The molecule has 2 aliphatic carbocycles. The second-order valence-electron chi connectivity index (χ2n) is 5.12. The first kappa shape index (κ1) is 14.8. The van der Waals surface area contributed by atoms with Crippen molar-refractivity contribution in [2.24, 2.45) is 11.7 Å². The van der Waals surface area contributed by atoms with Crippen molar-refractivity contribution in [1.82, 2.24) is 0 Å². The Morgan fingerprint density at radius 2 is 2.10 bits per heavy atom. The van der Waals surface area contributed by atoms with Crippen LogP contribution in [0.1, 0.15) is 31.2 Å². The predicted molar refractivity (Wildman–Crippen MR) is 80.0 cm³/mol. The van der Waals surface area contributed by atoms with E-state index in [0.29, 0.717) is 17.9 Å². The summed E-state index contributed by atoms with van der Waals surface area (Å²) in [6, 6.07) is 4.29. The third-order valence-electron chi connectivity index (χ3n) is 3.53. The minimum atomic E-state index is -0.286. The molecule has 20 heavy (non-hydrogen) atoms. The molecular formula is C17H22FNO. The normalized spacial score (nSPS) is 17.1. The molecule has 0 heterocycles. The summed E-state index contributed by atoms with van der Waals surface area (Å²) in [5.74, 6) is 1.31. The molecule has 0 atom stereocenters. The first-order valence-corrected chi connectivity index (χ1v) is 7.13. The van der Waals surface area contributed by atoms with Crippen LogP contribution in [-0.2, 0) is 6.54 Å². The first-order chi connectivity index (χ1) is 9.74.